The largest absolute Gasteiger partial charge is 0.356 e. The summed E-state index contributed by atoms with van der Waals surface area (Å²) in [5, 5.41) is 1.26. The summed E-state index contributed by atoms with van der Waals surface area (Å²) in [6.07, 6.45) is 3.87. The number of amides is 1. The van der Waals surface area contributed by atoms with Gasteiger partial charge in [0.25, 0.3) is 0 Å². The van der Waals surface area contributed by atoms with Crippen LogP contribution in [0.2, 0.25) is 0 Å². The van der Waals surface area contributed by atoms with Crippen LogP contribution in [0, 0.1) is 5.82 Å². The van der Waals surface area contributed by atoms with E-state index in [0.717, 1.165) is 43.3 Å². The maximum absolute atomic E-state index is 14.1. The first-order chi connectivity index (χ1) is 15.4. The van der Waals surface area contributed by atoms with Crippen molar-refractivity contribution in [2.45, 2.75) is 57.5 Å². The minimum absolute atomic E-state index is 0.00182. The number of nitrogens with one attached hydrogen (secondary N) is 1. The van der Waals surface area contributed by atoms with Crippen LogP contribution in [-0.2, 0) is 16.8 Å². The first-order valence-electron chi connectivity index (χ1n) is 11.7. The van der Waals surface area contributed by atoms with Gasteiger partial charge in [-0.2, -0.15) is 0 Å². The molecule has 0 radical (unpaired) electrons. The van der Waals surface area contributed by atoms with Crippen LogP contribution in [0.4, 0.5) is 4.39 Å². The number of rotatable bonds is 7. The maximum atomic E-state index is 14.1. The van der Waals surface area contributed by atoms with E-state index in [1.807, 2.05) is 19.1 Å². The number of fused-ring (bicyclic) bond motifs is 3. The zero-order valence-electron chi connectivity index (χ0n) is 19.6. The summed E-state index contributed by atoms with van der Waals surface area (Å²) >= 11 is 0. The lowest BCUT2D eigenvalue weighted by atomic mass is 9.79. The number of carbonyl (C=O) groups excluding carboxylic acids is 1. The molecule has 0 spiro atoms. The third kappa shape index (κ3) is 3.83. The van der Waals surface area contributed by atoms with Gasteiger partial charge in [0, 0.05) is 35.1 Å². The van der Waals surface area contributed by atoms with E-state index in [-0.39, 0.29) is 23.3 Å². The molecule has 170 valence electrons. The lowest BCUT2D eigenvalue weighted by Gasteiger charge is -2.43. The van der Waals surface area contributed by atoms with Gasteiger partial charge in [-0.3, -0.25) is 9.69 Å². The summed E-state index contributed by atoms with van der Waals surface area (Å²) in [6, 6.07) is 15.4. The monoisotopic (exact) mass is 435 g/mol. The van der Waals surface area contributed by atoms with Crippen molar-refractivity contribution in [1.29, 1.82) is 0 Å². The number of hydrogen-bond donors (Lipinski definition) is 1. The molecule has 0 saturated carbocycles. The van der Waals surface area contributed by atoms with Crippen LogP contribution in [0.5, 0.6) is 0 Å². The summed E-state index contributed by atoms with van der Waals surface area (Å²) < 4.78 is 14.1. The van der Waals surface area contributed by atoms with Crippen molar-refractivity contribution < 1.29 is 9.18 Å². The van der Waals surface area contributed by atoms with Crippen molar-refractivity contribution in [2.24, 2.45) is 0 Å². The Balaban J connectivity index is 1.73. The number of nitrogens with zero attached hydrogens (tertiary/aromatic N) is 2. The summed E-state index contributed by atoms with van der Waals surface area (Å²) in [4.78, 5) is 20.8. The Morgan fingerprint density at radius 2 is 1.97 bits per heavy atom. The lowest BCUT2D eigenvalue weighted by molar-refractivity contribution is -0.134. The summed E-state index contributed by atoms with van der Waals surface area (Å²) in [5.41, 5.74) is 4.33. The highest BCUT2D eigenvalue weighted by Gasteiger charge is 2.38. The minimum atomic E-state index is -0.299. The van der Waals surface area contributed by atoms with Crippen molar-refractivity contribution in [3.8, 4) is 0 Å². The van der Waals surface area contributed by atoms with Crippen LogP contribution in [-0.4, -0.2) is 41.3 Å². The predicted octanol–water partition coefficient (Wildman–Crippen LogP) is 5.79. The van der Waals surface area contributed by atoms with Gasteiger partial charge in [0.1, 0.15) is 5.82 Å². The number of aromatic nitrogens is 1. The topological polar surface area (TPSA) is 39.3 Å². The number of carbonyl (C=O) groups is 1. The molecule has 4 nitrogen and oxygen atoms in total. The molecule has 1 aliphatic rings. The smallest absolute Gasteiger partial charge is 0.222 e. The standard InChI is InChI=1S/C27H34FN3O/c1-5-25(32)31-17-15-22-21-12-7-8-13-23(21)29-26(22)24(31)14-16-27(6-2,30(3)4)19-10-9-11-20(28)18-19/h7-13,18,24,29H,5-6,14-17H2,1-4H3. The average molecular weight is 436 g/mol. The van der Waals surface area contributed by atoms with Crippen molar-refractivity contribution in [1.82, 2.24) is 14.8 Å². The van der Waals surface area contributed by atoms with Gasteiger partial charge in [0.05, 0.1) is 6.04 Å². The molecule has 2 heterocycles. The molecule has 0 saturated heterocycles. The molecule has 2 atom stereocenters. The molecule has 4 rings (SSSR count). The van der Waals surface area contributed by atoms with Gasteiger partial charge in [0.2, 0.25) is 5.91 Å². The van der Waals surface area contributed by atoms with Crippen LogP contribution in [0.3, 0.4) is 0 Å². The molecule has 5 heteroatoms. The van der Waals surface area contributed by atoms with Gasteiger partial charge in [-0.05, 0) is 69.1 Å². The Morgan fingerprint density at radius 3 is 2.66 bits per heavy atom. The van der Waals surface area contributed by atoms with Gasteiger partial charge in [-0.25, -0.2) is 4.39 Å². The predicted molar refractivity (Wildman–Crippen MR) is 128 cm³/mol. The van der Waals surface area contributed by atoms with Crippen LogP contribution < -0.4 is 0 Å². The molecule has 2 aromatic carbocycles. The van der Waals surface area contributed by atoms with Gasteiger partial charge >= 0.3 is 0 Å². The number of para-hydroxylation sites is 1. The summed E-state index contributed by atoms with van der Waals surface area (Å²) in [5.74, 6) is -0.0162. The van der Waals surface area contributed by atoms with Crippen molar-refractivity contribution >= 4 is 16.8 Å². The van der Waals surface area contributed by atoms with E-state index >= 15 is 0 Å². The van der Waals surface area contributed by atoms with Gasteiger partial charge in [-0.15, -0.1) is 0 Å². The Morgan fingerprint density at radius 1 is 1.19 bits per heavy atom. The number of H-pyrrole nitrogens is 1. The van der Waals surface area contributed by atoms with E-state index in [0.29, 0.717) is 6.42 Å². The Kier molecular flexibility index (Phi) is 6.38. The zero-order valence-corrected chi connectivity index (χ0v) is 19.6. The molecule has 3 aromatic rings. The van der Waals surface area contributed by atoms with Gasteiger partial charge in [-0.1, -0.05) is 44.2 Å². The van der Waals surface area contributed by atoms with Crippen molar-refractivity contribution in [2.75, 3.05) is 20.6 Å². The average Bonchev–Trinajstić information content (AvgIpc) is 3.18. The SMILES string of the molecule is CCC(=O)N1CCc2c([nH]c3ccccc23)C1CCC(CC)(c1cccc(F)c1)N(C)C. The van der Waals surface area contributed by atoms with E-state index < -0.39 is 0 Å². The van der Waals surface area contributed by atoms with E-state index in [9.17, 15) is 9.18 Å². The Bertz CT molecular complexity index is 1110. The Labute approximate surface area is 190 Å². The van der Waals surface area contributed by atoms with Crippen molar-refractivity contribution in [3.63, 3.8) is 0 Å². The second-order valence-electron chi connectivity index (χ2n) is 9.10. The van der Waals surface area contributed by atoms with Crippen LogP contribution in [0.25, 0.3) is 10.9 Å². The molecule has 2 unspecified atom stereocenters. The van der Waals surface area contributed by atoms with Crippen LogP contribution in [0.1, 0.15) is 62.4 Å². The molecule has 0 fully saturated rings. The molecule has 0 aliphatic carbocycles. The molecular formula is C27H34FN3O. The second kappa shape index (κ2) is 9.07. The van der Waals surface area contributed by atoms with Gasteiger partial charge in [0.15, 0.2) is 0 Å². The van der Waals surface area contributed by atoms with E-state index in [1.165, 1.54) is 22.7 Å². The number of aromatic amines is 1. The number of benzene rings is 2. The number of hydrogen-bond acceptors (Lipinski definition) is 2. The molecule has 1 N–H and O–H groups in total. The highest BCUT2D eigenvalue weighted by molar-refractivity contribution is 5.86. The zero-order chi connectivity index (χ0) is 22.9. The fourth-order valence-electron chi connectivity index (χ4n) is 5.60. The van der Waals surface area contributed by atoms with E-state index in [1.54, 1.807) is 12.1 Å². The highest BCUT2D eigenvalue weighted by Crippen LogP contribution is 2.42. The summed E-state index contributed by atoms with van der Waals surface area (Å²) in [6.45, 7) is 4.84. The molecular weight excluding hydrogens is 401 g/mol. The first-order valence-corrected chi connectivity index (χ1v) is 11.7. The van der Waals surface area contributed by atoms with Crippen LogP contribution in [0.15, 0.2) is 48.5 Å². The fourth-order valence-corrected chi connectivity index (χ4v) is 5.60. The maximum Gasteiger partial charge on any atom is 0.222 e. The third-order valence-electron chi connectivity index (χ3n) is 7.42. The quantitative estimate of drug-likeness (QED) is 0.510. The highest BCUT2D eigenvalue weighted by atomic mass is 19.1. The van der Waals surface area contributed by atoms with Gasteiger partial charge < -0.3 is 9.88 Å². The molecule has 32 heavy (non-hydrogen) atoms. The van der Waals surface area contributed by atoms with E-state index in [2.05, 4.69) is 54.0 Å². The molecule has 1 amide bonds. The molecule has 0 bridgehead atoms. The lowest BCUT2D eigenvalue weighted by Crippen LogP contribution is -2.44. The van der Waals surface area contributed by atoms with E-state index in [4.69, 9.17) is 0 Å². The molecule has 1 aromatic heterocycles. The molecule has 1 aliphatic heterocycles. The van der Waals surface area contributed by atoms with Crippen LogP contribution >= 0.6 is 0 Å². The number of halogens is 1. The first kappa shape index (κ1) is 22.5. The second-order valence-corrected chi connectivity index (χ2v) is 9.10. The minimum Gasteiger partial charge on any atom is -0.356 e. The van der Waals surface area contributed by atoms with Crippen molar-refractivity contribution in [3.05, 3.63) is 71.2 Å². The third-order valence-corrected chi connectivity index (χ3v) is 7.42. The Hall–Kier alpha value is -2.66. The summed E-state index contributed by atoms with van der Waals surface area (Å²) in [7, 11) is 4.14. The normalized spacial score (nSPS) is 18.1. The fraction of sp³-hybridized carbons (Fsp3) is 0.444.